The standard InChI is InChI=1S/C5H9N3O10/c9-1-5(2-16-6(10)11,3-17-7(12)13)4-18-8(14)15/h9H,1-4H2. The number of hydrogen-bond acceptors (Lipinski definition) is 10. The molecule has 0 heterocycles. The lowest BCUT2D eigenvalue weighted by Crippen LogP contribution is -2.42. The van der Waals surface area contributed by atoms with E-state index in [2.05, 4.69) is 14.5 Å². The van der Waals surface area contributed by atoms with Crippen LogP contribution in [-0.2, 0) is 14.5 Å². The Bertz CT molecular complexity index is 273. The summed E-state index contributed by atoms with van der Waals surface area (Å²) in [7, 11) is 0. The molecule has 0 amide bonds. The minimum atomic E-state index is -1.80. The van der Waals surface area contributed by atoms with Crippen molar-refractivity contribution in [2.24, 2.45) is 5.41 Å². The predicted molar refractivity (Wildman–Crippen MR) is 48.4 cm³/mol. The lowest BCUT2D eigenvalue weighted by atomic mass is 9.93. The van der Waals surface area contributed by atoms with Crippen molar-refractivity contribution in [2.75, 3.05) is 26.4 Å². The summed E-state index contributed by atoms with van der Waals surface area (Å²) in [4.78, 5) is 41.7. The molecule has 0 aliphatic rings. The van der Waals surface area contributed by atoms with Crippen LogP contribution >= 0.6 is 0 Å². The molecule has 0 aliphatic heterocycles. The number of aliphatic hydroxyl groups is 1. The summed E-state index contributed by atoms with van der Waals surface area (Å²) >= 11 is 0. The van der Waals surface area contributed by atoms with Crippen LogP contribution < -0.4 is 0 Å². The summed E-state index contributed by atoms with van der Waals surface area (Å²) in [5.74, 6) is 0. The van der Waals surface area contributed by atoms with Gasteiger partial charge in [-0.25, -0.2) is 0 Å². The highest BCUT2D eigenvalue weighted by atomic mass is 17.0. The number of hydrogen-bond donors (Lipinski definition) is 1. The van der Waals surface area contributed by atoms with Gasteiger partial charge in [0.1, 0.15) is 19.8 Å². The van der Waals surface area contributed by atoms with Crippen LogP contribution in [0, 0.1) is 35.8 Å². The molecular formula is C5H9N3O10. The van der Waals surface area contributed by atoms with Crippen LogP contribution in [0.1, 0.15) is 0 Å². The number of nitrogens with zero attached hydrogens (tertiary/aromatic N) is 3. The van der Waals surface area contributed by atoms with Crippen molar-refractivity contribution < 1.29 is 34.9 Å². The van der Waals surface area contributed by atoms with Crippen molar-refractivity contribution in [1.82, 2.24) is 0 Å². The predicted octanol–water partition coefficient (Wildman–Crippen LogP) is -1.41. The third-order valence-electron chi connectivity index (χ3n) is 1.76. The van der Waals surface area contributed by atoms with E-state index in [1.807, 2.05) is 0 Å². The monoisotopic (exact) mass is 271 g/mol. The van der Waals surface area contributed by atoms with Crippen molar-refractivity contribution in [1.29, 1.82) is 0 Å². The van der Waals surface area contributed by atoms with Gasteiger partial charge in [-0.3, -0.25) is 0 Å². The molecule has 0 fully saturated rings. The fourth-order valence-electron chi connectivity index (χ4n) is 0.831. The molecule has 0 aromatic carbocycles. The Kier molecular flexibility index (Phi) is 6.05. The van der Waals surface area contributed by atoms with Gasteiger partial charge in [0, 0.05) is 0 Å². The van der Waals surface area contributed by atoms with Crippen LogP contribution in [0.15, 0.2) is 0 Å². The molecule has 1 N–H and O–H groups in total. The first-order chi connectivity index (χ1) is 8.31. The fourth-order valence-corrected chi connectivity index (χ4v) is 0.831. The average Bonchev–Trinajstić information content (AvgIpc) is 2.28. The average molecular weight is 271 g/mol. The van der Waals surface area contributed by atoms with Crippen molar-refractivity contribution in [3.8, 4) is 0 Å². The Balaban J connectivity index is 4.63. The lowest BCUT2D eigenvalue weighted by molar-refractivity contribution is -0.782. The molecule has 18 heavy (non-hydrogen) atoms. The van der Waals surface area contributed by atoms with Gasteiger partial charge in [0.05, 0.1) is 12.0 Å². The highest BCUT2D eigenvalue weighted by Gasteiger charge is 2.34. The molecule has 0 bridgehead atoms. The molecule has 0 aromatic rings. The van der Waals surface area contributed by atoms with Crippen LogP contribution in [0.2, 0.25) is 0 Å². The Hall–Kier alpha value is -2.44. The number of aliphatic hydroxyl groups excluding tert-OH is 1. The van der Waals surface area contributed by atoms with Crippen LogP contribution in [0.4, 0.5) is 0 Å². The first kappa shape index (κ1) is 15.6. The molecule has 13 heteroatoms. The third-order valence-corrected chi connectivity index (χ3v) is 1.76. The van der Waals surface area contributed by atoms with Gasteiger partial charge in [0.25, 0.3) is 15.3 Å². The van der Waals surface area contributed by atoms with E-state index in [0.29, 0.717) is 0 Å². The van der Waals surface area contributed by atoms with Gasteiger partial charge in [0.2, 0.25) is 0 Å². The Labute approximate surface area is 98.2 Å². The minimum Gasteiger partial charge on any atom is -0.396 e. The Morgan fingerprint density at radius 1 is 0.833 bits per heavy atom. The van der Waals surface area contributed by atoms with Crippen molar-refractivity contribution in [3.05, 3.63) is 30.3 Å². The third kappa shape index (κ3) is 6.21. The Morgan fingerprint density at radius 2 is 1.11 bits per heavy atom. The van der Waals surface area contributed by atoms with Gasteiger partial charge in [-0.2, -0.15) is 0 Å². The molecule has 0 saturated carbocycles. The lowest BCUT2D eigenvalue weighted by Gasteiger charge is -2.27. The van der Waals surface area contributed by atoms with E-state index in [1.54, 1.807) is 0 Å². The van der Waals surface area contributed by atoms with Crippen LogP contribution in [0.3, 0.4) is 0 Å². The summed E-state index contributed by atoms with van der Waals surface area (Å²) in [5, 5.41) is 35.3. The summed E-state index contributed by atoms with van der Waals surface area (Å²) in [6.45, 7) is -3.50. The van der Waals surface area contributed by atoms with Gasteiger partial charge in [-0.05, 0) is 0 Å². The maximum absolute atomic E-state index is 9.99. The molecule has 13 nitrogen and oxygen atoms in total. The van der Waals surface area contributed by atoms with E-state index in [1.165, 1.54) is 0 Å². The highest BCUT2D eigenvalue weighted by molar-refractivity contribution is 4.76. The first-order valence-corrected chi connectivity index (χ1v) is 4.24. The maximum atomic E-state index is 9.99. The normalized spacial score (nSPS) is 10.5. The van der Waals surface area contributed by atoms with Crippen molar-refractivity contribution in [3.63, 3.8) is 0 Å². The van der Waals surface area contributed by atoms with E-state index in [0.717, 1.165) is 0 Å². The van der Waals surface area contributed by atoms with Gasteiger partial charge < -0.3 is 19.6 Å². The molecule has 0 radical (unpaired) electrons. The highest BCUT2D eigenvalue weighted by Crippen LogP contribution is 2.19. The maximum Gasteiger partial charge on any atom is 0.294 e. The summed E-state index contributed by atoms with van der Waals surface area (Å²) < 4.78 is 0. The molecular weight excluding hydrogens is 262 g/mol. The van der Waals surface area contributed by atoms with Gasteiger partial charge >= 0.3 is 0 Å². The molecule has 0 atom stereocenters. The first-order valence-electron chi connectivity index (χ1n) is 4.24. The zero-order valence-corrected chi connectivity index (χ0v) is 8.79. The van der Waals surface area contributed by atoms with Crippen molar-refractivity contribution >= 4 is 0 Å². The molecule has 0 rings (SSSR count). The SMILES string of the molecule is O=[N+]([O-])OCC(CO)(CO[N+](=O)[O-])CO[N+](=O)[O-]. The van der Waals surface area contributed by atoms with Gasteiger partial charge in [0.15, 0.2) is 0 Å². The smallest absolute Gasteiger partial charge is 0.294 e. The van der Waals surface area contributed by atoms with Crippen molar-refractivity contribution in [2.45, 2.75) is 0 Å². The molecule has 0 unspecified atom stereocenters. The largest absolute Gasteiger partial charge is 0.396 e. The van der Waals surface area contributed by atoms with E-state index < -0.39 is 47.1 Å². The minimum absolute atomic E-state index is 0.863. The van der Waals surface area contributed by atoms with Gasteiger partial charge in [-0.15, -0.1) is 30.3 Å². The molecule has 104 valence electrons. The second kappa shape index (κ2) is 7.00. The van der Waals surface area contributed by atoms with E-state index in [-0.39, 0.29) is 0 Å². The summed E-state index contributed by atoms with van der Waals surface area (Å²) in [5.41, 5.74) is -1.80. The zero-order chi connectivity index (χ0) is 14.2. The summed E-state index contributed by atoms with van der Waals surface area (Å²) in [6, 6.07) is 0. The van der Waals surface area contributed by atoms with E-state index in [9.17, 15) is 30.3 Å². The van der Waals surface area contributed by atoms with E-state index in [4.69, 9.17) is 5.11 Å². The van der Waals surface area contributed by atoms with E-state index >= 15 is 0 Å². The second-order valence-electron chi connectivity index (χ2n) is 3.15. The molecule has 0 spiro atoms. The molecule has 0 saturated heterocycles. The fraction of sp³-hybridized carbons (Fsp3) is 1.00. The van der Waals surface area contributed by atoms with Crippen LogP contribution in [-0.4, -0.2) is 46.8 Å². The Morgan fingerprint density at radius 3 is 1.28 bits per heavy atom. The van der Waals surface area contributed by atoms with Gasteiger partial charge in [-0.1, -0.05) is 0 Å². The van der Waals surface area contributed by atoms with Crippen LogP contribution in [0.5, 0.6) is 0 Å². The second-order valence-corrected chi connectivity index (χ2v) is 3.15. The number of rotatable bonds is 10. The molecule has 0 aromatic heterocycles. The van der Waals surface area contributed by atoms with Crippen LogP contribution in [0.25, 0.3) is 0 Å². The summed E-state index contributed by atoms with van der Waals surface area (Å²) in [6.07, 6.45) is 0. The topological polar surface area (TPSA) is 177 Å². The quantitative estimate of drug-likeness (QED) is 0.366. The molecule has 0 aliphatic carbocycles. The zero-order valence-electron chi connectivity index (χ0n) is 8.79.